The highest BCUT2D eigenvalue weighted by atomic mass is 79.9. The Morgan fingerprint density at radius 1 is 1.22 bits per heavy atom. The minimum atomic E-state index is 0.452. The van der Waals surface area contributed by atoms with Gasteiger partial charge in [-0.05, 0) is 35.4 Å². The van der Waals surface area contributed by atoms with Crippen LogP contribution in [-0.4, -0.2) is 13.7 Å². The van der Waals surface area contributed by atoms with E-state index in [1.165, 1.54) is 0 Å². The summed E-state index contributed by atoms with van der Waals surface area (Å²) < 4.78 is 12.3. The number of ether oxygens (including phenoxy) is 2. The summed E-state index contributed by atoms with van der Waals surface area (Å²) in [4.78, 5) is 0. The van der Waals surface area contributed by atoms with E-state index in [4.69, 9.17) is 21.1 Å². The summed E-state index contributed by atoms with van der Waals surface area (Å²) in [6.45, 7) is 5.62. The van der Waals surface area contributed by atoms with Crippen LogP contribution in [0.2, 0.25) is 5.02 Å². The second kappa shape index (κ2) is 8.96. The molecule has 0 atom stereocenters. The topological polar surface area (TPSA) is 30.5 Å². The lowest BCUT2D eigenvalue weighted by Gasteiger charge is -2.14. The van der Waals surface area contributed by atoms with Crippen molar-refractivity contribution in [1.29, 1.82) is 0 Å². The fourth-order valence-electron chi connectivity index (χ4n) is 2.04. The third-order valence-electron chi connectivity index (χ3n) is 3.24. The van der Waals surface area contributed by atoms with Crippen molar-refractivity contribution in [2.75, 3.05) is 13.7 Å². The third-order valence-corrected chi connectivity index (χ3v) is 4.23. The maximum absolute atomic E-state index is 5.89. The Morgan fingerprint density at radius 3 is 2.61 bits per heavy atom. The van der Waals surface area contributed by atoms with Gasteiger partial charge in [-0.2, -0.15) is 0 Å². The van der Waals surface area contributed by atoms with Gasteiger partial charge in [0.15, 0.2) is 11.5 Å². The molecule has 2 aromatic rings. The molecule has 3 nitrogen and oxygen atoms in total. The molecular weight excluding hydrogens is 378 g/mol. The van der Waals surface area contributed by atoms with Crippen LogP contribution in [0, 0.1) is 0 Å². The van der Waals surface area contributed by atoms with E-state index in [0.29, 0.717) is 23.1 Å². The summed E-state index contributed by atoms with van der Waals surface area (Å²) in [6.07, 6.45) is 1.83. The average Bonchev–Trinajstić information content (AvgIpc) is 2.56. The zero-order valence-electron chi connectivity index (χ0n) is 12.9. The molecule has 0 amide bonds. The van der Waals surface area contributed by atoms with Crippen LogP contribution in [0.15, 0.2) is 53.5 Å². The smallest absolute Gasteiger partial charge is 0.162 e. The van der Waals surface area contributed by atoms with Crippen LogP contribution in [0.4, 0.5) is 0 Å². The van der Waals surface area contributed by atoms with Crippen LogP contribution < -0.4 is 14.8 Å². The molecule has 0 saturated heterocycles. The Hall–Kier alpha value is -1.49. The molecule has 0 fully saturated rings. The largest absolute Gasteiger partial charge is 0.493 e. The molecule has 0 heterocycles. The predicted octanol–water partition coefficient (Wildman–Crippen LogP) is 4.97. The van der Waals surface area contributed by atoms with Gasteiger partial charge in [-0.1, -0.05) is 45.7 Å². The maximum Gasteiger partial charge on any atom is 0.162 e. The lowest BCUT2D eigenvalue weighted by atomic mass is 10.2. The van der Waals surface area contributed by atoms with E-state index in [1.807, 2.05) is 42.5 Å². The summed E-state index contributed by atoms with van der Waals surface area (Å²) >= 11 is 9.47. The van der Waals surface area contributed by atoms with Crippen LogP contribution in [0.3, 0.4) is 0 Å². The zero-order chi connectivity index (χ0) is 16.7. The Balaban J connectivity index is 2.09. The monoisotopic (exact) mass is 395 g/mol. The van der Waals surface area contributed by atoms with Gasteiger partial charge in [0.2, 0.25) is 0 Å². The van der Waals surface area contributed by atoms with E-state index >= 15 is 0 Å². The van der Waals surface area contributed by atoms with E-state index in [0.717, 1.165) is 28.7 Å². The highest BCUT2D eigenvalue weighted by molar-refractivity contribution is 9.10. The van der Waals surface area contributed by atoms with Crippen LogP contribution in [-0.2, 0) is 13.2 Å². The highest BCUT2D eigenvalue weighted by Crippen LogP contribution is 2.34. The zero-order valence-corrected chi connectivity index (χ0v) is 15.3. The number of nitrogens with one attached hydrogen (secondary N) is 1. The van der Waals surface area contributed by atoms with Crippen LogP contribution in [0.5, 0.6) is 11.5 Å². The average molecular weight is 397 g/mol. The molecular formula is C18H19BrClNO2. The summed E-state index contributed by atoms with van der Waals surface area (Å²) in [7, 11) is 1.64. The van der Waals surface area contributed by atoms with Crippen LogP contribution >= 0.6 is 27.5 Å². The van der Waals surface area contributed by atoms with Crippen molar-refractivity contribution in [2.24, 2.45) is 0 Å². The van der Waals surface area contributed by atoms with Gasteiger partial charge < -0.3 is 14.8 Å². The van der Waals surface area contributed by atoms with E-state index in [2.05, 4.69) is 27.8 Å². The minimum absolute atomic E-state index is 0.452. The van der Waals surface area contributed by atoms with Gasteiger partial charge >= 0.3 is 0 Å². The maximum atomic E-state index is 5.89. The summed E-state index contributed by atoms with van der Waals surface area (Å²) in [5.41, 5.74) is 2.15. The molecule has 0 aliphatic carbocycles. The first-order chi connectivity index (χ1) is 11.1. The van der Waals surface area contributed by atoms with Crippen molar-refractivity contribution < 1.29 is 9.47 Å². The van der Waals surface area contributed by atoms with Crippen molar-refractivity contribution in [3.8, 4) is 11.5 Å². The van der Waals surface area contributed by atoms with Gasteiger partial charge in [0, 0.05) is 22.6 Å². The van der Waals surface area contributed by atoms with Crippen molar-refractivity contribution in [3.05, 3.63) is 69.7 Å². The number of hydrogen-bond acceptors (Lipinski definition) is 3. The molecule has 0 aliphatic heterocycles. The van der Waals surface area contributed by atoms with Crippen molar-refractivity contribution in [2.45, 2.75) is 13.2 Å². The first-order valence-corrected chi connectivity index (χ1v) is 8.36. The molecule has 0 radical (unpaired) electrons. The quantitative estimate of drug-likeness (QED) is 0.505. The Kier molecular flexibility index (Phi) is 6.96. The SMILES string of the molecule is C=CCNCc1cc(OC)c(OCc2ccc(Cl)cc2)cc1Br. The lowest BCUT2D eigenvalue weighted by Crippen LogP contribution is -2.13. The molecule has 122 valence electrons. The molecule has 0 aliphatic rings. The van der Waals surface area contributed by atoms with E-state index in [9.17, 15) is 0 Å². The van der Waals surface area contributed by atoms with Gasteiger partial charge in [0.25, 0.3) is 0 Å². The fraction of sp³-hybridized carbons (Fsp3) is 0.222. The standard InChI is InChI=1S/C18H19BrClNO2/c1-3-8-21-11-14-9-17(22-2)18(10-16(14)19)23-12-13-4-6-15(20)7-5-13/h3-7,9-10,21H,1,8,11-12H2,2H3. The molecule has 2 aromatic carbocycles. The molecule has 0 bridgehead atoms. The molecule has 1 N–H and O–H groups in total. The molecule has 0 aromatic heterocycles. The first-order valence-electron chi connectivity index (χ1n) is 7.19. The first kappa shape index (κ1) is 17.9. The predicted molar refractivity (Wildman–Crippen MR) is 98.4 cm³/mol. The fourth-order valence-corrected chi connectivity index (χ4v) is 2.62. The van der Waals surface area contributed by atoms with E-state index < -0.39 is 0 Å². The van der Waals surface area contributed by atoms with Crippen LogP contribution in [0.25, 0.3) is 0 Å². The molecule has 2 rings (SSSR count). The Morgan fingerprint density at radius 2 is 1.96 bits per heavy atom. The van der Waals surface area contributed by atoms with E-state index in [1.54, 1.807) is 7.11 Å². The number of hydrogen-bond donors (Lipinski definition) is 1. The molecule has 0 spiro atoms. The summed E-state index contributed by atoms with van der Waals surface area (Å²) in [5.74, 6) is 1.40. The van der Waals surface area contributed by atoms with Gasteiger partial charge in [-0.15, -0.1) is 6.58 Å². The molecule has 0 saturated carbocycles. The number of rotatable bonds is 8. The van der Waals surface area contributed by atoms with Crippen molar-refractivity contribution >= 4 is 27.5 Å². The summed E-state index contributed by atoms with van der Waals surface area (Å²) in [5, 5.41) is 3.98. The van der Waals surface area contributed by atoms with Gasteiger partial charge in [0.05, 0.1) is 7.11 Å². The summed E-state index contributed by atoms with van der Waals surface area (Å²) in [6, 6.07) is 11.5. The molecule has 5 heteroatoms. The number of halogens is 2. The molecule has 23 heavy (non-hydrogen) atoms. The third kappa shape index (κ3) is 5.27. The van der Waals surface area contributed by atoms with Gasteiger partial charge in [-0.3, -0.25) is 0 Å². The second-order valence-corrected chi connectivity index (χ2v) is 6.22. The lowest BCUT2D eigenvalue weighted by molar-refractivity contribution is 0.284. The van der Waals surface area contributed by atoms with Gasteiger partial charge in [-0.25, -0.2) is 0 Å². The van der Waals surface area contributed by atoms with Crippen molar-refractivity contribution in [3.63, 3.8) is 0 Å². The second-order valence-electron chi connectivity index (χ2n) is 4.93. The number of methoxy groups -OCH3 is 1. The molecule has 0 unspecified atom stereocenters. The van der Waals surface area contributed by atoms with Gasteiger partial charge in [0.1, 0.15) is 6.61 Å². The minimum Gasteiger partial charge on any atom is -0.493 e. The normalized spacial score (nSPS) is 10.4. The Labute approximate surface area is 150 Å². The highest BCUT2D eigenvalue weighted by Gasteiger charge is 2.10. The van der Waals surface area contributed by atoms with Crippen molar-refractivity contribution in [1.82, 2.24) is 5.32 Å². The number of benzene rings is 2. The Bertz CT molecular complexity index is 659. The van der Waals surface area contributed by atoms with E-state index in [-0.39, 0.29) is 0 Å². The van der Waals surface area contributed by atoms with Crippen LogP contribution in [0.1, 0.15) is 11.1 Å².